The first kappa shape index (κ1) is 15.6. The average Bonchev–Trinajstić information content (AvgIpc) is 2.78. The zero-order chi connectivity index (χ0) is 13.2. The van der Waals surface area contributed by atoms with Crippen LogP contribution in [0.5, 0.6) is 0 Å². The predicted octanol–water partition coefficient (Wildman–Crippen LogP) is 2.46. The van der Waals surface area contributed by atoms with Crippen molar-refractivity contribution in [2.75, 3.05) is 6.54 Å². The molecular weight excluding hydrogens is 269 g/mol. The van der Waals surface area contributed by atoms with Gasteiger partial charge in [-0.2, -0.15) is 4.98 Å². The molecule has 0 atom stereocenters. The molecule has 2 N–H and O–H groups in total. The Labute approximate surface area is 117 Å². The van der Waals surface area contributed by atoms with Crippen LogP contribution < -0.4 is 5.73 Å². The van der Waals surface area contributed by atoms with Crippen LogP contribution in [0.1, 0.15) is 31.1 Å². The van der Waals surface area contributed by atoms with E-state index in [1.54, 1.807) is 6.07 Å². The molecular formula is C13H17ClFN3O. The summed E-state index contributed by atoms with van der Waals surface area (Å²) in [5.74, 6) is 0.784. The summed E-state index contributed by atoms with van der Waals surface area (Å²) >= 11 is 0. The third-order valence-corrected chi connectivity index (χ3v) is 2.81. The van der Waals surface area contributed by atoms with Gasteiger partial charge in [-0.3, -0.25) is 0 Å². The van der Waals surface area contributed by atoms with Crippen LogP contribution in [0.15, 0.2) is 28.8 Å². The number of halogens is 2. The van der Waals surface area contributed by atoms with Crippen molar-refractivity contribution < 1.29 is 8.91 Å². The Morgan fingerprint density at radius 3 is 2.74 bits per heavy atom. The summed E-state index contributed by atoms with van der Waals surface area (Å²) in [6.45, 7) is 4.30. The molecule has 0 bridgehead atoms. The van der Waals surface area contributed by atoms with E-state index in [1.165, 1.54) is 12.1 Å². The van der Waals surface area contributed by atoms with Gasteiger partial charge in [0.1, 0.15) is 5.82 Å². The number of hydrogen-bond acceptors (Lipinski definition) is 4. The molecule has 1 aromatic carbocycles. The van der Waals surface area contributed by atoms with Crippen molar-refractivity contribution in [2.45, 2.75) is 25.7 Å². The minimum Gasteiger partial charge on any atom is -0.339 e. The zero-order valence-electron chi connectivity index (χ0n) is 10.9. The lowest BCUT2D eigenvalue weighted by Gasteiger charge is -2.15. The van der Waals surface area contributed by atoms with Gasteiger partial charge in [0.2, 0.25) is 5.89 Å². The minimum atomic E-state index is -0.340. The first-order valence-corrected chi connectivity index (χ1v) is 5.79. The molecule has 1 heterocycles. The van der Waals surface area contributed by atoms with E-state index in [0.717, 1.165) is 5.56 Å². The van der Waals surface area contributed by atoms with Crippen molar-refractivity contribution in [3.63, 3.8) is 0 Å². The molecule has 0 fully saturated rings. The second-order valence-corrected chi connectivity index (χ2v) is 4.91. The van der Waals surface area contributed by atoms with Crippen LogP contribution in [-0.2, 0) is 11.8 Å². The monoisotopic (exact) mass is 285 g/mol. The number of nitrogens with two attached hydrogens (primary N) is 1. The summed E-state index contributed by atoms with van der Waals surface area (Å²) in [6.07, 6.45) is 0.446. The summed E-state index contributed by atoms with van der Waals surface area (Å²) in [6, 6.07) is 6.36. The lowest BCUT2D eigenvalue weighted by atomic mass is 9.94. The largest absolute Gasteiger partial charge is 0.339 e. The molecule has 0 aliphatic rings. The first-order chi connectivity index (χ1) is 8.51. The van der Waals surface area contributed by atoms with E-state index in [1.807, 2.05) is 19.9 Å². The van der Waals surface area contributed by atoms with Gasteiger partial charge in [0.05, 0.1) is 5.41 Å². The number of rotatable bonds is 4. The standard InChI is InChI=1S/C13H16FN3O.ClH/c1-13(2,8-15)12-16-11(17-18-12)7-9-4-3-5-10(14)6-9;/h3-6H,7-8,15H2,1-2H3;1H. The van der Waals surface area contributed by atoms with Crippen molar-refractivity contribution in [1.29, 1.82) is 0 Å². The van der Waals surface area contributed by atoms with Gasteiger partial charge in [0.15, 0.2) is 5.82 Å². The Morgan fingerprint density at radius 1 is 1.37 bits per heavy atom. The molecule has 0 aliphatic carbocycles. The van der Waals surface area contributed by atoms with E-state index < -0.39 is 0 Å². The fraction of sp³-hybridized carbons (Fsp3) is 0.385. The molecule has 0 radical (unpaired) electrons. The van der Waals surface area contributed by atoms with E-state index in [0.29, 0.717) is 24.7 Å². The number of hydrogen-bond donors (Lipinski definition) is 1. The molecule has 104 valence electrons. The topological polar surface area (TPSA) is 64.9 Å². The number of nitrogens with zero attached hydrogens (tertiary/aromatic N) is 2. The van der Waals surface area contributed by atoms with E-state index in [2.05, 4.69) is 10.1 Å². The Hall–Kier alpha value is -1.46. The molecule has 2 rings (SSSR count). The fourth-order valence-corrected chi connectivity index (χ4v) is 1.52. The zero-order valence-corrected chi connectivity index (χ0v) is 11.7. The molecule has 0 aliphatic heterocycles. The highest BCUT2D eigenvalue weighted by Gasteiger charge is 2.25. The van der Waals surface area contributed by atoms with Gasteiger partial charge in [-0.15, -0.1) is 12.4 Å². The Bertz CT molecular complexity index is 542. The van der Waals surface area contributed by atoms with Gasteiger partial charge >= 0.3 is 0 Å². The van der Waals surface area contributed by atoms with Crippen LogP contribution in [0.25, 0.3) is 0 Å². The third kappa shape index (κ3) is 3.75. The van der Waals surface area contributed by atoms with Crippen LogP contribution >= 0.6 is 12.4 Å². The van der Waals surface area contributed by atoms with Crippen molar-refractivity contribution >= 4 is 12.4 Å². The molecule has 0 amide bonds. The molecule has 0 unspecified atom stereocenters. The van der Waals surface area contributed by atoms with E-state index in [9.17, 15) is 4.39 Å². The SMILES string of the molecule is CC(C)(CN)c1nc(Cc2cccc(F)c2)no1.Cl. The molecule has 2 aromatic rings. The molecule has 0 spiro atoms. The summed E-state index contributed by atoms with van der Waals surface area (Å²) in [5.41, 5.74) is 6.12. The highest BCUT2D eigenvalue weighted by atomic mass is 35.5. The molecule has 1 aromatic heterocycles. The smallest absolute Gasteiger partial charge is 0.233 e. The van der Waals surface area contributed by atoms with Crippen molar-refractivity contribution in [3.05, 3.63) is 47.4 Å². The van der Waals surface area contributed by atoms with E-state index >= 15 is 0 Å². The lowest BCUT2D eigenvalue weighted by molar-refractivity contribution is 0.309. The van der Waals surface area contributed by atoms with Crippen molar-refractivity contribution in [1.82, 2.24) is 10.1 Å². The fourth-order valence-electron chi connectivity index (χ4n) is 1.52. The Balaban J connectivity index is 0.00000180. The summed E-state index contributed by atoms with van der Waals surface area (Å²) in [5, 5.41) is 3.89. The normalized spacial score (nSPS) is 11.2. The predicted molar refractivity (Wildman–Crippen MR) is 72.8 cm³/mol. The van der Waals surface area contributed by atoms with Crippen LogP contribution in [-0.4, -0.2) is 16.7 Å². The maximum atomic E-state index is 13.0. The third-order valence-electron chi connectivity index (χ3n) is 2.81. The van der Waals surface area contributed by atoms with Crippen molar-refractivity contribution in [3.8, 4) is 0 Å². The molecule has 19 heavy (non-hydrogen) atoms. The first-order valence-electron chi connectivity index (χ1n) is 5.79. The molecule has 6 heteroatoms. The van der Waals surface area contributed by atoms with Crippen LogP contribution in [0.4, 0.5) is 4.39 Å². The van der Waals surface area contributed by atoms with Gasteiger partial charge < -0.3 is 10.3 Å². The molecule has 4 nitrogen and oxygen atoms in total. The summed E-state index contributed by atoms with van der Waals surface area (Å²) < 4.78 is 18.2. The average molecular weight is 286 g/mol. The number of benzene rings is 1. The summed E-state index contributed by atoms with van der Waals surface area (Å²) in [4.78, 5) is 4.30. The lowest BCUT2D eigenvalue weighted by Crippen LogP contribution is -2.28. The summed E-state index contributed by atoms with van der Waals surface area (Å²) in [7, 11) is 0. The minimum absolute atomic E-state index is 0. The maximum Gasteiger partial charge on any atom is 0.233 e. The van der Waals surface area contributed by atoms with Gasteiger partial charge in [-0.05, 0) is 31.5 Å². The van der Waals surface area contributed by atoms with Gasteiger partial charge in [0, 0.05) is 13.0 Å². The quantitative estimate of drug-likeness (QED) is 0.937. The second kappa shape index (κ2) is 6.12. The van der Waals surface area contributed by atoms with Gasteiger partial charge in [-0.25, -0.2) is 4.39 Å². The highest BCUT2D eigenvalue weighted by molar-refractivity contribution is 5.85. The van der Waals surface area contributed by atoms with Crippen molar-refractivity contribution in [2.24, 2.45) is 5.73 Å². The van der Waals surface area contributed by atoms with E-state index in [-0.39, 0.29) is 23.6 Å². The number of aromatic nitrogens is 2. The van der Waals surface area contributed by atoms with Crippen LogP contribution in [0, 0.1) is 5.82 Å². The molecule has 0 saturated heterocycles. The van der Waals surface area contributed by atoms with Crippen LogP contribution in [0.3, 0.4) is 0 Å². The second-order valence-electron chi connectivity index (χ2n) is 4.91. The molecule has 0 saturated carbocycles. The maximum absolute atomic E-state index is 13.0. The van der Waals surface area contributed by atoms with E-state index in [4.69, 9.17) is 10.3 Å². The Morgan fingerprint density at radius 2 is 2.11 bits per heavy atom. The van der Waals surface area contributed by atoms with Gasteiger partial charge in [-0.1, -0.05) is 17.3 Å². The Kier molecular flexibility index (Phi) is 5.03. The van der Waals surface area contributed by atoms with Crippen LogP contribution in [0.2, 0.25) is 0 Å². The van der Waals surface area contributed by atoms with Gasteiger partial charge in [0.25, 0.3) is 0 Å². The highest BCUT2D eigenvalue weighted by Crippen LogP contribution is 2.20.